The van der Waals surface area contributed by atoms with Crippen molar-refractivity contribution in [3.63, 3.8) is 0 Å². The molecule has 0 amide bonds. The highest BCUT2D eigenvalue weighted by Gasteiger charge is 2.11. The largest absolute Gasteiger partial charge is 0.370 e. The minimum absolute atomic E-state index is 0.0795. The van der Waals surface area contributed by atoms with Crippen LogP contribution in [0.25, 0.3) is 0 Å². The van der Waals surface area contributed by atoms with Gasteiger partial charge < -0.3 is 10.2 Å². The SMILES string of the molecule is C/C=C/N(C)/C=C\C(C)=C\CC1=C(\P)CN=CNC(C)/C=C\1F. The molecule has 1 aliphatic rings. The molecule has 0 spiro atoms. The van der Waals surface area contributed by atoms with Gasteiger partial charge >= 0.3 is 0 Å². The van der Waals surface area contributed by atoms with Crippen LogP contribution in [0.2, 0.25) is 0 Å². The maximum Gasteiger partial charge on any atom is 0.125 e. The molecule has 2 atom stereocenters. The molecule has 0 aliphatic carbocycles. The quantitative estimate of drug-likeness (QED) is 0.599. The smallest absolute Gasteiger partial charge is 0.125 e. The van der Waals surface area contributed by atoms with Gasteiger partial charge in [0.15, 0.2) is 0 Å². The summed E-state index contributed by atoms with van der Waals surface area (Å²) in [5.74, 6) is -0.181. The molecular weight excluding hydrogens is 308 g/mol. The van der Waals surface area contributed by atoms with Crippen LogP contribution in [0, 0.1) is 0 Å². The maximum absolute atomic E-state index is 14.5. The lowest BCUT2D eigenvalue weighted by atomic mass is 10.1. The molecule has 0 aromatic carbocycles. The molecule has 126 valence electrons. The molecule has 0 saturated carbocycles. The van der Waals surface area contributed by atoms with Gasteiger partial charge in [-0.1, -0.05) is 17.7 Å². The predicted molar refractivity (Wildman–Crippen MR) is 102 cm³/mol. The lowest BCUT2D eigenvalue weighted by molar-refractivity contribution is 0.624. The van der Waals surface area contributed by atoms with E-state index < -0.39 is 0 Å². The van der Waals surface area contributed by atoms with Crippen LogP contribution in [0.1, 0.15) is 27.2 Å². The first-order valence-electron chi connectivity index (χ1n) is 7.73. The Balaban J connectivity index is 2.88. The van der Waals surface area contributed by atoms with E-state index >= 15 is 0 Å². The van der Waals surface area contributed by atoms with Crippen LogP contribution in [-0.4, -0.2) is 30.9 Å². The summed E-state index contributed by atoms with van der Waals surface area (Å²) in [5.41, 5.74) is 1.78. The molecule has 5 heteroatoms. The fourth-order valence-corrected chi connectivity index (χ4v) is 2.37. The molecule has 3 nitrogen and oxygen atoms in total. The third kappa shape index (κ3) is 7.43. The summed E-state index contributed by atoms with van der Waals surface area (Å²) in [7, 11) is 4.59. The summed E-state index contributed by atoms with van der Waals surface area (Å²) >= 11 is 0. The lowest BCUT2D eigenvalue weighted by Gasteiger charge is -2.09. The van der Waals surface area contributed by atoms with Gasteiger partial charge in [0.1, 0.15) is 5.83 Å². The normalized spacial score (nSPS) is 25.7. The summed E-state index contributed by atoms with van der Waals surface area (Å²) in [6.45, 7) is 6.37. The van der Waals surface area contributed by atoms with Crippen molar-refractivity contribution in [3.05, 3.63) is 59.0 Å². The Labute approximate surface area is 141 Å². The van der Waals surface area contributed by atoms with Crippen LogP contribution < -0.4 is 5.32 Å². The summed E-state index contributed by atoms with van der Waals surface area (Å²) in [6, 6.07) is -0.0795. The maximum atomic E-state index is 14.5. The Kier molecular flexibility index (Phi) is 8.57. The van der Waals surface area contributed by atoms with Crippen molar-refractivity contribution < 1.29 is 4.39 Å². The molecule has 1 heterocycles. The molecule has 2 unspecified atom stereocenters. The second kappa shape index (κ2) is 10.2. The molecule has 0 bridgehead atoms. The molecule has 1 aliphatic heterocycles. The highest BCUT2D eigenvalue weighted by Crippen LogP contribution is 2.26. The third-order valence-corrected chi connectivity index (χ3v) is 3.88. The first kappa shape index (κ1) is 19.4. The van der Waals surface area contributed by atoms with E-state index in [1.165, 1.54) is 0 Å². The number of aliphatic imine (C=N–C) groups is 1. The molecular formula is C18H27FN3P. The van der Waals surface area contributed by atoms with Crippen molar-refractivity contribution >= 4 is 15.6 Å². The van der Waals surface area contributed by atoms with Crippen molar-refractivity contribution in [1.29, 1.82) is 0 Å². The van der Waals surface area contributed by atoms with E-state index in [2.05, 4.69) is 19.5 Å². The number of rotatable bonds is 5. The molecule has 0 aromatic heterocycles. The second-order valence-electron chi connectivity index (χ2n) is 5.56. The van der Waals surface area contributed by atoms with Gasteiger partial charge in [-0.05, 0) is 56.4 Å². The second-order valence-corrected chi connectivity index (χ2v) is 6.26. The molecule has 1 N–H and O–H groups in total. The number of halogens is 1. The monoisotopic (exact) mass is 335 g/mol. The zero-order valence-electron chi connectivity index (χ0n) is 14.4. The van der Waals surface area contributed by atoms with Gasteiger partial charge in [0.2, 0.25) is 0 Å². The van der Waals surface area contributed by atoms with Gasteiger partial charge in [0, 0.05) is 19.3 Å². The fraction of sp³-hybridized carbons (Fsp3) is 0.389. The van der Waals surface area contributed by atoms with Gasteiger partial charge in [-0.25, -0.2) is 4.39 Å². The summed E-state index contributed by atoms with van der Waals surface area (Å²) in [5, 5.41) is 3.90. The minimum atomic E-state index is -0.181. The van der Waals surface area contributed by atoms with Crippen LogP contribution in [-0.2, 0) is 0 Å². The van der Waals surface area contributed by atoms with Gasteiger partial charge in [-0.15, -0.1) is 9.24 Å². The molecule has 23 heavy (non-hydrogen) atoms. The van der Waals surface area contributed by atoms with E-state index in [-0.39, 0.29) is 11.9 Å². The average Bonchev–Trinajstić information content (AvgIpc) is 2.54. The molecule has 0 fully saturated rings. The number of hydrogen-bond donors (Lipinski definition) is 1. The van der Waals surface area contributed by atoms with Gasteiger partial charge in [0.05, 0.1) is 12.9 Å². The van der Waals surface area contributed by atoms with Crippen LogP contribution in [0.4, 0.5) is 4.39 Å². The van der Waals surface area contributed by atoms with Crippen molar-refractivity contribution in [2.45, 2.75) is 33.2 Å². The summed E-state index contributed by atoms with van der Waals surface area (Å²) < 4.78 is 14.5. The Morgan fingerprint density at radius 3 is 2.96 bits per heavy atom. The van der Waals surface area contributed by atoms with E-state index in [0.717, 1.165) is 10.9 Å². The highest BCUT2D eigenvalue weighted by atomic mass is 31.0. The standard InChI is InChI=1S/C18H27FN3P/c1-5-9-22(4)10-8-14(2)6-7-16-17(19)11-15(3)21-13-20-12-18(16)23/h5-6,8-11,13,15H,7,12,23H2,1-4H3,(H,20,21)/b9-5+,10-8-,14-6+,17-11+,18-16+. The first-order chi connectivity index (χ1) is 10.9. The van der Waals surface area contributed by atoms with E-state index in [9.17, 15) is 4.39 Å². The van der Waals surface area contributed by atoms with Crippen molar-refractivity contribution in [2.75, 3.05) is 13.6 Å². The van der Waals surface area contributed by atoms with Crippen molar-refractivity contribution in [1.82, 2.24) is 10.2 Å². The highest BCUT2D eigenvalue weighted by molar-refractivity contribution is 7.22. The molecule has 0 saturated heterocycles. The van der Waals surface area contributed by atoms with E-state index in [4.69, 9.17) is 0 Å². The third-order valence-electron chi connectivity index (χ3n) is 3.35. The molecule has 1 rings (SSSR count). The number of allylic oxidation sites excluding steroid dienone is 6. The van der Waals surface area contributed by atoms with Crippen LogP contribution in [0.15, 0.2) is 64.0 Å². The minimum Gasteiger partial charge on any atom is -0.370 e. The van der Waals surface area contributed by atoms with Crippen LogP contribution in [0.3, 0.4) is 0 Å². The lowest BCUT2D eigenvalue weighted by Crippen LogP contribution is -2.22. The summed E-state index contributed by atoms with van der Waals surface area (Å²) in [4.78, 5) is 6.22. The van der Waals surface area contributed by atoms with Crippen molar-refractivity contribution in [3.8, 4) is 0 Å². The Morgan fingerprint density at radius 1 is 1.52 bits per heavy atom. The zero-order chi connectivity index (χ0) is 17.2. The predicted octanol–water partition coefficient (Wildman–Crippen LogP) is 4.30. The zero-order valence-corrected chi connectivity index (χ0v) is 15.5. The van der Waals surface area contributed by atoms with E-state index in [1.54, 1.807) is 12.4 Å². The van der Waals surface area contributed by atoms with Crippen LogP contribution in [0.5, 0.6) is 0 Å². The summed E-state index contributed by atoms with van der Waals surface area (Å²) in [6.07, 6.45) is 13.8. The van der Waals surface area contributed by atoms with E-state index in [0.29, 0.717) is 18.5 Å². The molecule has 0 aromatic rings. The van der Waals surface area contributed by atoms with Gasteiger partial charge in [-0.3, -0.25) is 4.99 Å². The van der Waals surface area contributed by atoms with Gasteiger partial charge in [-0.2, -0.15) is 0 Å². The fourth-order valence-electron chi connectivity index (χ4n) is 2.01. The number of nitrogens with zero attached hydrogens (tertiary/aromatic N) is 2. The van der Waals surface area contributed by atoms with Crippen molar-refractivity contribution in [2.24, 2.45) is 4.99 Å². The van der Waals surface area contributed by atoms with Crippen LogP contribution >= 0.6 is 9.24 Å². The first-order valence-corrected chi connectivity index (χ1v) is 8.31. The Bertz CT molecular complexity index is 571. The average molecular weight is 335 g/mol. The van der Waals surface area contributed by atoms with Gasteiger partial charge in [0.25, 0.3) is 0 Å². The topological polar surface area (TPSA) is 27.6 Å². The Hall–Kier alpha value is -1.67. The number of hydrogen-bond acceptors (Lipinski definition) is 3. The Morgan fingerprint density at radius 2 is 2.26 bits per heavy atom. The number of nitrogens with one attached hydrogen (secondary N) is 1. The van der Waals surface area contributed by atoms with E-state index in [1.807, 2.05) is 63.3 Å². The molecule has 0 radical (unpaired) electrons.